The standard InChI is InChI=1S/C14H16FNO/c1-10-8-13(15)6-5-12(10)9-16-7-3-4-14(16)11(2)17/h3-8,11,17H,9H2,1-2H3. The Morgan fingerprint density at radius 3 is 2.76 bits per heavy atom. The average molecular weight is 233 g/mol. The molecule has 1 atom stereocenters. The van der Waals surface area contributed by atoms with Gasteiger partial charge in [0.1, 0.15) is 5.82 Å². The van der Waals surface area contributed by atoms with E-state index in [-0.39, 0.29) is 5.82 Å². The fraction of sp³-hybridized carbons (Fsp3) is 0.286. The molecule has 0 saturated carbocycles. The van der Waals surface area contributed by atoms with E-state index in [1.165, 1.54) is 12.1 Å². The first-order chi connectivity index (χ1) is 8.08. The van der Waals surface area contributed by atoms with Crippen LogP contribution in [-0.4, -0.2) is 9.67 Å². The van der Waals surface area contributed by atoms with Gasteiger partial charge in [0.2, 0.25) is 0 Å². The molecule has 2 rings (SSSR count). The Kier molecular flexibility index (Phi) is 3.29. The lowest BCUT2D eigenvalue weighted by Crippen LogP contribution is -2.06. The fourth-order valence-electron chi connectivity index (χ4n) is 1.97. The molecular formula is C14H16FNO. The second-order valence-corrected chi connectivity index (χ2v) is 4.31. The number of aryl methyl sites for hydroxylation is 1. The van der Waals surface area contributed by atoms with Crippen molar-refractivity contribution in [1.82, 2.24) is 4.57 Å². The van der Waals surface area contributed by atoms with Gasteiger partial charge in [-0.15, -0.1) is 0 Å². The van der Waals surface area contributed by atoms with Crippen LogP contribution in [0.3, 0.4) is 0 Å². The average Bonchev–Trinajstić information content (AvgIpc) is 2.70. The highest BCUT2D eigenvalue weighted by Gasteiger charge is 2.08. The lowest BCUT2D eigenvalue weighted by Gasteiger charge is -2.13. The van der Waals surface area contributed by atoms with E-state index in [9.17, 15) is 9.50 Å². The van der Waals surface area contributed by atoms with Crippen LogP contribution in [0, 0.1) is 12.7 Å². The molecule has 0 spiro atoms. The molecule has 0 aliphatic rings. The van der Waals surface area contributed by atoms with Crippen LogP contribution in [0.4, 0.5) is 4.39 Å². The number of rotatable bonds is 3. The summed E-state index contributed by atoms with van der Waals surface area (Å²) in [7, 11) is 0. The molecule has 0 fully saturated rings. The van der Waals surface area contributed by atoms with Crippen molar-refractivity contribution < 1.29 is 9.50 Å². The SMILES string of the molecule is Cc1cc(F)ccc1Cn1cccc1C(C)O. The highest BCUT2D eigenvalue weighted by molar-refractivity contribution is 5.27. The van der Waals surface area contributed by atoms with Gasteiger partial charge in [0.15, 0.2) is 0 Å². The minimum absolute atomic E-state index is 0.213. The first-order valence-electron chi connectivity index (χ1n) is 5.66. The molecule has 0 aliphatic carbocycles. The Hall–Kier alpha value is -1.61. The minimum Gasteiger partial charge on any atom is -0.387 e. The summed E-state index contributed by atoms with van der Waals surface area (Å²) < 4.78 is 15.0. The topological polar surface area (TPSA) is 25.2 Å². The van der Waals surface area contributed by atoms with Crippen LogP contribution in [0.15, 0.2) is 36.5 Å². The lowest BCUT2D eigenvalue weighted by atomic mass is 10.1. The first kappa shape index (κ1) is 11.9. The van der Waals surface area contributed by atoms with Gasteiger partial charge in [0.25, 0.3) is 0 Å². The number of hydrogen-bond acceptors (Lipinski definition) is 1. The molecule has 0 bridgehead atoms. The molecule has 1 aromatic carbocycles. The Morgan fingerprint density at radius 1 is 1.35 bits per heavy atom. The molecule has 0 amide bonds. The highest BCUT2D eigenvalue weighted by Crippen LogP contribution is 2.17. The van der Waals surface area contributed by atoms with Crippen molar-refractivity contribution in [2.45, 2.75) is 26.5 Å². The Morgan fingerprint density at radius 2 is 2.12 bits per heavy atom. The Labute approximate surface area is 100 Å². The third kappa shape index (κ3) is 2.56. The number of halogens is 1. The van der Waals surface area contributed by atoms with E-state index < -0.39 is 6.10 Å². The van der Waals surface area contributed by atoms with Crippen molar-refractivity contribution in [3.8, 4) is 0 Å². The van der Waals surface area contributed by atoms with Gasteiger partial charge in [0.05, 0.1) is 6.10 Å². The third-order valence-electron chi connectivity index (χ3n) is 2.94. The van der Waals surface area contributed by atoms with Crippen LogP contribution in [-0.2, 0) is 6.54 Å². The number of aliphatic hydroxyl groups excluding tert-OH is 1. The van der Waals surface area contributed by atoms with Gasteiger partial charge in [-0.1, -0.05) is 6.07 Å². The predicted octanol–water partition coefficient (Wildman–Crippen LogP) is 3.04. The molecule has 2 aromatic rings. The van der Waals surface area contributed by atoms with E-state index >= 15 is 0 Å². The molecule has 1 heterocycles. The summed E-state index contributed by atoms with van der Waals surface area (Å²) in [5.41, 5.74) is 2.86. The van der Waals surface area contributed by atoms with Crippen molar-refractivity contribution in [1.29, 1.82) is 0 Å². The van der Waals surface area contributed by atoms with Gasteiger partial charge in [0, 0.05) is 18.4 Å². The second kappa shape index (κ2) is 4.72. The largest absolute Gasteiger partial charge is 0.387 e. The molecule has 1 N–H and O–H groups in total. The van der Waals surface area contributed by atoms with Gasteiger partial charge >= 0.3 is 0 Å². The van der Waals surface area contributed by atoms with E-state index in [2.05, 4.69) is 0 Å². The summed E-state index contributed by atoms with van der Waals surface area (Å²) in [5.74, 6) is -0.213. The van der Waals surface area contributed by atoms with Crippen LogP contribution in [0.25, 0.3) is 0 Å². The van der Waals surface area contributed by atoms with Crippen LogP contribution >= 0.6 is 0 Å². The zero-order valence-corrected chi connectivity index (χ0v) is 10.0. The van der Waals surface area contributed by atoms with Gasteiger partial charge in [-0.25, -0.2) is 4.39 Å². The van der Waals surface area contributed by atoms with Crippen molar-refractivity contribution in [2.75, 3.05) is 0 Å². The molecule has 2 nitrogen and oxygen atoms in total. The first-order valence-corrected chi connectivity index (χ1v) is 5.66. The Balaban J connectivity index is 2.28. The van der Waals surface area contributed by atoms with Crippen molar-refractivity contribution in [3.63, 3.8) is 0 Å². The van der Waals surface area contributed by atoms with Gasteiger partial charge < -0.3 is 9.67 Å². The maximum atomic E-state index is 13.0. The van der Waals surface area contributed by atoms with Gasteiger partial charge in [-0.3, -0.25) is 0 Å². The maximum absolute atomic E-state index is 13.0. The quantitative estimate of drug-likeness (QED) is 0.866. The molecule has 0 aliphatic heterocycles. The van der Waals surface area contributed by atoms with E-state index in [1.807, 2.05) is 29.8 Å². The number of hydrogen-bond donors (Lipinski definition) is 1. The zero-order valence-electron chi connectivity index (χ0n) is 10.0. The number of nitrogens with zero attached hydrogens (tertiary/aromatic N) is 1. The van der Waals surface area contributed by atoms with Gasteiger partial charge in [-0.2, -0.15) is 0 Å². The highest BCUT2D eigenvalue weighted by atomic mass is 19.1. The lowest BCUT2D eigenvalue weighted by molar-refractivity contribution is 0.190. The monoisotopic (exact) mass is 233 g/mol. The smallest absolute Gasteiger partial charge is 0.123 e. The molecule has 0 radical (unpaired) electrons. The number of benzene rings is 1. The van der Waals surface area contributed by atoms with Crippen molar-refractivity contribution in [3.05, 3.63) is 59.2 Å². The summed E-state index contributed by atoms with van der Waals surface area (Å²) >= 11 is 0. The molecule has 1 aromatic heterocycles. The zero-order chi connectivity index (χ0) is 12.4. The van der Waals surface area contributed by atoms with E-state index in [4.69, 9.17) is 0 Å². The molecule has 3 heteroatoms. The van der Waals surface area contributed by atoms with Crippen LogP contribution < -0.4 is 0 Å². The number of aliphatic hydroxyl groups is 1. The van der Waals surface area contributed by atoms with Crippen LogP contribution in [0.2, 0.25) is 0 Å². The summed E-state index contributed by atoms with van der Waals surface area (Å²) in [5, 5.41) is 9.60. The molecule has 1 unspecified atom stereocenters. The maximum Gasteiger partial charge on any atom is 0.123 e. The predicted molar refractivity (Wildman–Crippen MR) is 65.3 cm³/mol. The van der Waals surface area contributed by atoms with Crippen molar-refractivity contribution in [2.24, 2.45) is 0 Å². The summed E-state index contributed by atoms with van der Waals surface area (Å²) in [6.07, 6.45) is 1.43. The number of aromatic nitrogens is 1. The van der Waals surface area contributed by atoms with Crippen LogP contribution in [0.1, 0.15) is 29.8 Å². The normalized spacial score (nSPS) is 12.7. The second-order valence-electron chi connectivity index (χ2n) is 4.31. The minimum atomic E-state index is -0.495. The fourth-order valence-corrected chi connectivity index (χ4v) is 1.97. The summed E-state index contributed by atoms with van der Waals surface area (Å²) in [6, 6.07) is 8.58. The van der Waals surface area contributed by atoms with Gasteiger partial charge in [-0.05, 0) is 49.2 Å². The Bertz CT molecular complexity index is 517. The summed E-state index contributed by atoms with van der Waals surface area (Å²) in [6.45, 7) is 4.28. The van der Waals surface area contributed by atoms with E-state index in [1.54, 1.807) is 13.0 Å². The molecular weight excluding hydrogens is 217 g/mol. The molecule has 90 valence electrons. The van der Waals surface area contributed by atoms with Crippen molar-refractivity contribution >= 4 is 0 Å². The van der Waals surface area contributed by atoms with E-state index in [0.717, 1.165) is 16.8 Å². The van der Waals surface area contributed by atoms with E-state index in [0.29, 0.717) is 6.54 Å². The third-order valence-corrected chi connectivity index (χ3v) is 2.94. The molecule has 0 saturated heterocycles. The molecule has 17 heavy (non-hydrogen) atoms. The summed E-state index contributed by atoms with van der Waals surface area (Å²) in [4.78, 5) is 0. The van der Waals surface area contributed by atoms with Crippen LogP contribution in [0.5, 0.6) is 0 Å².